The maximum absolute atomic E-state index is 5.79. The summed E-state index contributed by atoms with van der Waals surface area (Å²) >= 11 is 5.79. The van der Waals surface area contributed by atoms with Gasteiger partial charge in [0, 0.05) is 11.1 Å². The first-order valence-electron chi connectivity index (χ1n) is 3.68. The predicted molar refractivity (Wildman–Crippen MR) is 48.8 cm³/mol. The Kier molecular flexibility index (Phi) is 2.92. The second-order valence-corrected chi connectivity index (χ2v) is 3.25. The SMILES string of the molecule is CC(N)Cc1cccc(Cl)c1. The monoisotopic (exact) mass is 169 g/mol. The minimum atomic E-state index is 0.202. The fourth-order valence-electron chi connectivity index (χ4n) is 1.04. The van der Waals surface area contributed by atoms with Crippen LogP contribution in [0.5, 0.6) is 0 Å². The fraction of sp³-hybridized carbons (Fsp3) is 0.333. The molecule has 0 fully saturated rings. The van der Waals surface area contributed by atoms with Gasteiger partial charge in [0.2, 0.25) is 0 Å². The first kappa shape index (κ1) is 8.57. The minimum absolute atomic E-state index is 0.202. The number of rotatable bonds is 2. The Balaban J connectivity index is 2.71. The van der Waals surface area contributed by atoms with Gasteiger partial charge in [0.1, 0.15) is 0 Å². The summed E-state index contributed by atoms with van der Waals surface area (Å²) in [6.45, 7) is 1.99. The molecule has 1 rings (SSSR count). The van der Waals surface area contributed by atoms with Crippen molar-refractivity contribution in [2.45, 2.75) is 19.4 Å². The van der Waals surface area contributed by atoms with Crippen LogP contribution in [0.4, 0.5) is 0 Å². The lowest BCUT2D eigenvalue weighted by Crippen LogP contribution is -2.17. The summed E-state index contributed by atoms with van der Waals surface area (Å²) in [5.41, 5.74) is 6.83. The first-order valence-corrected chi connectivity index (χ1v) is 4.06. The number of halogens is 1. The molecule has 1 aromatic rings. The molecule has 0 bridgehead atoms. The second-order valence-electron chi connectivity index (χ2n) is 2.81. The Hall–Kier alpha value is -0.530. The highest BCUT2D eigenvalue weighted by Crippen LogP contribution is 2.11. The molecule has 2 N–H and O–H groups in total. The van der Waals surface area contributed by atoms with Crippen molar-refractivity contribution >= 4 is 11.6 Å². The first-order chi connectivity index (χ1) is 5.18. The van der Waals surface area contributed by atoms with Gasteiger partial charge < -0.3 is 5.73 Å². The zero-order valence-corrected chi connectivity index (χ0v) is 7.31. The Bertz CT molecular complexity index is 233. The van der Waals surface area contributed by atoms with Crippen molar-refractivity contribution < 1.29 is 0 Å². The van der Waals surface area contributed by atoms with E-state index in [1.165, 1.54) is 5.56 Å². The van der Waals surface area contributed by atoms with Crippen LogP contribution in [0.3, 0.4) is 0 Å². The van der Waals surface area contributed by atoms with E-state index in [-0.39, 0.29) is 6.04 Å². The van der Waals surface area contributed by atoms with Crippen molar-refractivity contribution in [2.75, 3.05) is 0 Å². The van der Waals surface area contributed by atoms with E-state index in [1.807, 2.05) is 31.2 Å². The molecule has 0 aromatic heterocycles. The van der Waals surface area contributed by atoms with E-state index in [1.54, 1.807) is 0 Å². The standard InChI is InChI=1S/C9H12ClN/c1-7(11)5-8-3-2-4-9(10)6-8/h2-4,6-7H,5,11H2,1H3. The Labute approximate surface area is 72.2 Å². The van der Waals surface area contributed by atoms with Crippen LogP contribution >= 0.6 is 11.6 Å². The summed E-state index contributed by atoms with van der Waals surface area (Å²) in [6, 6.07) is 8.00. The van der Waals surface area contributed by atoms with Gasteiger partial charge in [-0.05, 0) is 31.0 Å². The van der Waals surface area contributed by atoms with Gasteiger partial charge in [-0.2, -0.15) is 0 Å². The van der Waals surface area contributed by atoms with Gasteiger partial charge in [-0.1, -0.05) is 23.7 Å². The van der Waals surface area contributed by atoms with Gasteiger partial charge in [-0.3, -0.25) is 0 Å². The minimum Gasteiger partial charge on any atom is -0.328 e. The van der Waals surface area contributed by atoms with E-state index >= 15 is 0 Å². The molecular formula is C9H12ClN. The molecule has 0 saturated carbocycles. The molecule has 1 nitrogen and oxygen atoms in total. The van der Waals surface area contributed by atoms with Gasteiger partial charge in [-0.25, -0.2) is 0 Å². The number of hydrogen-bond donors (Lipinski definition) is 1. The molecule has 60 valence electrons. The fourth-order valence-corrected chi connectivity index (χ4v) is 1.25. The summed E-state index contributed by atoms with van der Waals surface area (Å²) in [5, 5.41) is 0.781. The van der Waals surface area contributed by atoms with Crippen molar-refractivity contribution in [3.05, 3.63) is 34.9 Å². The zero-order valence-electron chi connectivity index (χ0n) is 6.55. The topological polar surface area (TPSA) is 26.0 Å². The molecule has 0 spiro atoms. The van der Waals surface area contributed by atoms with Crippen LogP contribution in [0.25, 0.3) is 0 Å². The summed E-state index contributed by atoms with van der Waals surface area (Å²) in [4.78, 5) is 0. The van der Waals surface area contributed by atoms with Crippen LogP contribution < -0.4 is 5.73 Å². The molecule has 11 heavy (non-hydrogen) atoms. The molecule has 0 radical (unpaired) electrons. The number of nitrogens with two attached hydrogens (primary N) is 1. The third-order valence-corrected chi connectivity index (χ3v) is 1.68. The maximum atomic E-state index is 5.79. The Morgan fingerprint density at radius 2 is 2.27 bits per heavy atom. The molecule has 0 heterocycles. The van der Waals surface area contributed by atoms with Crippen molar-refractivity contribution in [3.8, 4) is 0 Å². The van der Waals surface area contributed by atoms with Crippen LogP contribution in [0.1, 0.15) is 12.5 Å². The quantitative estimate of drug-likeness (QED) is 0.722. The van der Waals surface area contributed by atoms with Crippen LogP contribution in [0.15, 0.2) is 24.3 Å². The third kappa shape index (κ3) is 2.91. The highest BCUT2D eigenvalue weighted by atomic mass is 35.5. The van der Waals surface area contributed by atoms with Gasteiger partial charge in [0.05, 0.1) is 0 Å². The molecule has 0 aliphatic rings. The van der Waals surface area contributed by atoms with Crippen LogP contribution in [0, 0.1) is 0 Å². The smallest absolute Gasteiger partial charge is 0.0408 e. The average molecular weight is 170 g/mol. The van der Waals surface area contributed by atoms with E-state index in [0.29, 0.717) is 0 Å². The average Bonchev–Trinajstić information content (AvgIpc) is 1.85. The highest BCUT2D eigenvalue weighted by molar-refractivity contribution is 6.30. The Morgan fingerprint density at radius 1 is 1.55 bits per heavy atom. The van der Waals surface area contributed by atoms with Crippen molar-refractivity contribution in [1.82, 2.24) is 0 Å². The molecule has 2 heteroatoms. The van der Waals surface area contributed by atoms with Crippen LogP contribution in [0.2, 0.25) is 5.02 Å². The maximum Gasteiger partial charge on any atom is 0.0408 e. The summed E-state index contributed by atoms with van der Waals surface area (Å²) < 4.78 is 0. The van der Waals surface area contributed by atoms with Gasteiger partial charge in [0.25, 0.3) is 0 Å². The molecule has 0 aliphatic carbocycles. The highest BCUT2D eigenvalue weighted by Gasteiger charge is 1.97. The summed E-state index contributed by atoms with van der Waals surface area (Å²) in [7, 11) is 0. The van der Waals surface area contributed by atoms with Crippen LogP contribution in [-0.4, -0.2) is 6.04 Å². The Morgan fingerprint density at radius 3 is 2.82 bits per heavy atom. The molecule has 1 unspecified atom stereocenters. The van der Waals surface area contributed by atoms with Crippen molar-refractivity contribution in [3.63, 3.8) is 0 Å². The molecule has 0 saturated heterocycles. The van der Waals surface area contributed by atoms with E-state index in [4.69, 9.17) is 17.3 Å². The molecule has 1 atom stereocenters. The third-order valence-electron chi connectivity index (χ3n) is 1.45. The molecule has 0 amide bonds. The molecule has 1 aromatic carbocycles. The number of hydrogen-bond acceptors (Lipinski definition) is 1. The normalized spacial score (nSPS) is 13.0. The van der Waals surface area contributed by atoms with Crippen LogP contribution in [-0.2, 0) is 6.42 Å². The number of benzene rings is 1. The summed E-state index contributed by atoms with van der Waals surface area (Å²) in [5.74, 6) is 0. The summed E-state index contributed by atoms with van der Waals surface area (Å²) in [6.07, 6.45) is 0.889. The van der Waals surface area contributed by atoms with Gasteiger partial charge in [0.15, 0.2) is 0 Å². The van der Waals surface area contributed by atoms with E-state index in [0.717, 1.165) is 11.4 Å². The van der Waals surface area contributed by atoms with E-state index in [9.17, 15) is 0 Å². The predicted octanol–water partition coefficient (Wildman–Crippen LogP) is 2.23. The van der Waals surface area contributed by atoms with Crippen molar-refractivity contribution in [2.24, 2.45) is 5.73 Å². The zero-order chi connectivity index (χ0) is 8.27. The molecular weight excluding hydrogens is 158 g/mol. The van der Waals surface area contributed by atoms with E-state index in [2.05, 4.69) is 0 Å². The lowest BCUT2D eigenvalue weighted by atomic mass is 10.1. The van der Waals surface area contributed by atoms with E-state index < -0.39 is 0 Å². The molecule has 0 aliphatic heterocycles. The largest absolute Gasteiger partial charge is 0.328 e. The second kappa shape index (κ2) is 3.74. The van der Waals surface area contributed by atoms with Gasteiger partial charge >= 0.3 is 0 Å². The lowest BCUT2D eigenvalue weighted by Gasteiger charge is -2.04. The van der Waals surface area contributed by atoms with Gasteiger partial charge in [-0.15, -0.1) is 0 Å². The lowest BCUT2D eigenvalue weighted by molar-refractivity contribution is 0.738. The van der Waals surface area contributed by atoms with Crippen molar-refractivity contribution in [1.29, 1.82) is 0 Å².